The van der Waals surface area contributed by atoms with E-state index in [0.717, 1.165) is 36.0 Å². The molecule has 4 rings (SSSR count). The van der Waals surface area contributed by atoms with Crippen LogP contribution in [-0.2, 0) is 12.8 Å². The molecule has 1 aliphatic carbocycles. The summed E-state index contributed by atoms with van der Waals surface area (Å²) >= 11 is 0. The molecule has 1 aromatic carbocycles. The molecule has 2 N–H and O–H groups in total. The number of nitrogens with two attached hydrogens (primary N) is 1. The molecule has 1 saturated carbocycles. The number of rotatable bonds is 1. The summed E-state index contributed by atoms with van der Waals surface area (Å²) in [5.74, 6) is 6.41. The minimum Gasteiger partial charge on any atom is -0.487 e. The van der Waals surface area contributed by atoms with Crippen LogP contribution in [0.5, 0.6) is 5.75 Å². The summed E-state index contributed by atoms with van der Waals surface area (Å²) < 4.78 is 12.3. The van der Waals surface area contributed by atoms with Gasteiger partial charge >= 0.3 is 0 Å². The zero-order chi connectivity index (χ0) is 15.9. The first-order chi connectivity index (χ1) is 11.2. The van der Waals surface area contributed by atoms with E-state index in [9.17, 15) is 0 Å². The summed E-state index contributed by atoms with van der Waals surface area (Å²) in [6.07, 6.45) is 9.43. The first-order valence-electron chi connectivity index (χ1n) is 8.76. The molecule has 0 unspecified atom stereocenters. The van der Waals surface area contributed by atoms with Crippen LogP contribution in [0.15, 0.2) is 27.7 Å². The van der Waals surface area contributed by atoms with Crippen molar-refractivity contribution >= 4 is 11.0 Å². The molecule has 122 valence electrons. The Kier molecular flexibility index (Phi) is 3.55. The van der Waals surface area contributed by atoms with E-state index >= 15 is 0 Å². The summed E-state index contributed by atoms with van der Waals surface area (Å²) in [4.78, 5) is 0. The quantitative estimate of drug-likeness (QED) is 0.643. The number of benzene rings is 1. The molecule has 2 aliphatic rings. The lowest BCUT2D eigenvalue weighted by atomic mass is 9.79. The molecular formula is C19H24N2O2. The predicted octanol–water partition coefficient (Wildman–Crippen LogP) is 3.80. The van der Waals surface area contributed by atoms with E-state index in [1.165, 1.54) is 43.2 Å². The highest BCUT2D eigenvalue weighted by Crippen LogP contribution is 2.43. The largest absolute Gasteiger partial charge is 0.487 e. The second-order valence-corrected chi connectivity index (χ2v) is 6.89. The minimum absolute atomic E-state index is 0.0579. The van der Waals surface area contributed by atoms with Crippen LogP contribution >= 0.6 is 0 Å². The summed E-state index contributed by atoms with van der Waals surface area (Å²) in [5.41, 5.74) is 3.87. The van der Waals surface area contributed by atoms with E-state index in [0.29, 0.717) is 5.55 Å². The molecule has 1 aromatic heterocycles. The van der Waals surface area contributed by atoms with Crippen molar-refractivity contribution in [1.29, 1.82) is 0 Å². The Balaban J connectivity index is 1.82. The van der Waals surface area contributed by atoms with Crippen molar-refractivity contribution in [3.05, 3.63) is 34.9 Å². The van der Waals surface area contributed by atoms with Crippen LogP contribution in [0, 0.1) is 0 Å². The second-order valence-electron chi connectivity index (χ2n) is 6.89. The first-order valence-corrected chi connectivity index (χ1v) is 8.76. The van der Waals surface area contributed by atoms with Crippen molar-refractivity contribution in [2.75, 3.05) is 0 Å². The SMILES string of the molecule is CCc1c/c(=N/N)oc2cc3c(cc12)CCC1(CCCCC1)O3. The number of nitrogens with zero attached hydrogens (tertiary/aromatic N) is 1. The maximum atomic E-state index is 6.49. The van der Waals surface area contributed by atoms with Gasteiger partial charge in [-0.1, -0.05) is 13.3 Å². The topological polar surface area (TPSA) is 60.8 Å². The number of fused-ring (bicyclic) bond motifs is 2. The van der Waals surface area contributed by atoms with Crippen molar-refractivity contribution in [1.82, 2.24) is 0 Å². The number of hydrogen-bond acceptors (Lipinski definition) is 4. The lowest BCUT2D eigenvalue weighted by Crippen LogP contribution is -2.41. The minimum atomic E-state index is 0.0579. The molecule has 4 heteroatoms. The van der Waals surface area contributed by atoms with E-state index in [4.69, 9.17) is 15.0 Å². The van der Waals surface area contributed by atoms with E-state index in [2.05, 4.69) is 18.1 Å². The summed E-state index contributed by atoms with van der Waals surface area (Å²) in [6.45, 7) is 2.14. The highest BCUT2D eigenvalue weighted by molar-refractivity contribution is 5.83. The van der Waals surface area contributed by atoms with Gasteiger partial charge in [-0.25, -0.2) is 0 Å². The lowest BCUT2D eigenvalue weighted by molar-refractivity contribution is 0.0109. The van der Waals surface area contributed by atoms with Crippen molar-refractivity contribution < 1.29 is 9.15 Å². The number of aryl methyl sites for hydroxylation is 2. The lowest BCUT2D eigenvalue weighted by Gasteiger charge is -2.41. The zero-order valence-corrected chi connectivity index (χ0v) is 13.7. The van der Waals surface area contributed by atoms with Crippen LogP contribution < -0.4 is 16.1 Å². The molecule has 0 bridgehead atoms. The number of ether oxygens (including phenoxy) is 1. The highest BCUT2D eigenvalue weighted by Gasteiger charge is 2.37. The normalized spacial score (nSPS) is 20.5. The van der Waals surface area contributed by atoms with E-state index in [1.807, 2.05) is 12.1 Å². The van der Waals surface area contributed by atoms with E-state index in [-0.39, 0.29) is 5.60 Å². The van der Waals surface area contributed by atoms with Gasteiger partial charge < -0.3 is 15.0 Å². The Morgan fingerprint density at radius 2 is 1.96 bits per heavy atom. The maximum Gasteiger partial charge on any atom is 0.236 e. The molecule has 4 nitrogen and oxygen atoms in total. The maximum absolute atomic E-state index is 6.49. The third-order valence-electron chi connectivity index (χ3n) is 5.47. The van der Waals surface area contributed by atoms with Gasteiger partial charge in [-0.3, -0.25) is 0 Å². The Morgan fingerprint density at radius 3 is 2.70 bits per heavy atom. The molecule has 0 atom stereocenters. The summed E-state index contributed by atoms with van der Waals surface area (Å²) in [6, 6.07) is 6.22. The molecule has 2 aromatic rings. The third-order valence-corrected chi connectivity index (χ3v) is 5.47. The number of hydrogen-bond donors (Lipinski definition) is 1. The fourth-order valence-electron chi connectivity index (χ4n) is 4.15. The van der Waals surface area contributed by atoms with Crippen LogP contribution in [0.2, 0.25) is 0 Å². The first kappa shape index (κ1) is 14.6. The smallest absolute Gasteiger partial charge is 0.236 e. The Labute approximate surface area is 136 Å². The van der Waals surface area contributed by atoms with Crippen molar-refractivity contribution in [3.8, 4) is 5.75 Å². The van der Waals surface area contributed by atoms with Crippen molar-refractivity contribution in [2.45, 2.75) is 63.9 Å². The Hall–Kier alpha value is -1.97. The molecule has 0 saturated heterocycles. The molecule has 1 spiro atoms. The molecular weight excluding hydrogens is 288 g/mol. The fraction of sp³-hybridized carbons (Fsp3) is 0.526. The van der Waals surface area contributed by atoms with Crippen LogP contribution in [-0.4, -0.2) is 5.60 Å². The fourth-order valence-corrected chi connectivity index (χ4v) is 4.15. The predicted molar refractivity (Wildman–Crippen MR) is 90.1 cm³/mol. The highest BCUT2D eigenvalue weighted by atomic mass is 16.5. The van der Waals surface area contributed by atoms with Gasteiger partial charge in [0, 0.05) is 17.5 Å². The Morgan fingerprint density at radius 1 is 1.13 bits per heavy atom. The monoisotopic (exact) mass is 312 g/mol. The van der Waals surface area contributed by atoms with E-state index in [1.54, 1.807) is 0 Å². The van der Waals surface area contributed by atoms with Gasteiger partial charge in [0.05, 0.1) is 0 Å². The molecule has 1 aliphatic heterocycles. The van der Waals surface area contributed by atoms with Crippen LogP contribution in [0.1, 0.15) is 56.6 Å². The summed E-state index contributed by atoms with van der Waals surface area (Å²) in [7, 11) is 0. The average Bonchev–Trinajstić information content (AvgIpc) is 2.59. The van der Waals surface area contributed by atoms with Gasteiger partial charge in [0.1, 0.15) is 16.9 Å². The van der Waals surface area contributed by atoms with Crippen molar-refractivity contribution in [3.63, 3.8) is 0 Å². The van der Waals surface area contributed by atoms with Gasteiger partial charge in [-0.15, -0.1) is 5.10 Å². The van der Waals surface area contributed by atoms with Crippen LogP contribution in [0.25, 0.3) is 11.0 Å². The van der Waals surface area contributed by atoms with Gasteiger partial charge in [0.2, 0.25) is 5.55 Å². The molecule has 2 heterocycles. The van der Waals surface area contributed by atoms with E-state index < -0.39 is 0 Å². The van der Waals surface area contributed by atoms with Gasteiger partial charge in [0.25, 0.3) is 0 Å². The molecule has 0 radical (unpaired) electrons. The second kappa shape index (κ2) is 5.59. The third kappa shape index (κ3) is 2.50. The molecule has 23 heavy (non-hydrogen) atoms. The summed E-state index contributed by atoms with van der Waals surface area (Å²) in [5, 5.41) is 4.87. The molecule has 0 amide bonds. The standard InChI is InChI=1S/C19H24N2O2/c1-2-13-11-18(21-20)22-17-12-16-14(10-15(13)17)6-9-19(23-16)7-4-3-5-8-19/h10-12H,2-9,20H2,1H3/b21-18-. The van der Waals surface area contributed by atoms with Crippen molar-refractivity contribution in [2.24, 2.45) is 10.9 Å². The Bertz CT molecular complexity index is 801. The van der Waals surface area contributed by atoms with Crippen LogP contribution in [0.3, 0.4) is 0 Å². The van der Waals surface area contributed by atoms with Gasteiger partial charge in [-0.05, 0) is 62.1 Å². The zero-order valence-electron chi connectivity index (χ0n) is 13.7. The van der Waals surface area contributed by atoms with Gasteiger partial charge in [0.15, 0.2) is 0 Å². The van der Waals surface area contributed by atoms with Crippen LogP contribution in [0.4, 0.5) is 0 Å². The molecule has 1 fully saturated rings. The van der Waals surface area contributed by atoms with Gasteiger partial charge in [-0.2, -0.15) is 0 Å². The average molecular weight is 312 g/mol.